The largest absolute Gasteiger partial charge is 0.497 e. The molecule has 1 aliphatic heterocycles. The minimum Gasteiger partial charge on any atom is -0.497 e. The van der Waals surface area contributed by atoms with Gasteiger partial charge in [0.05, 0.1) is 19.9 Å². The maximum Gasteiger partial charge on any atom is 0.317 e. The molecule has 3 rings (SSSR count). The van der Waals surface area contributed by atoms with Gasteiger partial charge in [0.15, 0.2) is 0 Å². The average molecular weight is 356 g/mol. The fourth-order valence-electron chi connectivity index (χ4n) is 2.95. The van der Waals surface area contributed by atoms with Gasteiger partial charge in [-0.25, -0.2) is 9.78 Å². The van der Waals surface area contributed by atoms with E-state index in [1.165, 1.54) is 0 Å². The number of amides is 2. The summed E-state index contributed by atoms with van der Waals surface area (Å²) in [6, 6.07) is 7.82. The van der Waals surface area contributed by atoms with Crippen LogP contribution in [0.5, 0.6) is 11.6 Å². The van der Waals surface area contributed by atoms with Crippen molar-refractivity contribution >= 4 is 6.03 Å². The van der Waals surface area contributed by atoms with E-state index in [0.29, 0.717) is 19.0 Å². The van der Waals surface area contributed by atoms with Crippen molar-refractivity contribution in [2.75, 3.05) is 26.7 Å². The van der Waals surface area contributed by atoms with Crippen LogP contribution in [-0.4, -0.2) is 53.7 Å². The Morgan fingerprint density at radius 1 is 1.31 bits per heavy atom. The highest BCUT2D eigenvalue weighted by molar-refractivity contribution is 5.74. The van der Waals surface area contributed by atoms with E-state index >= 15 is 0 Å². The zero-order valence-electron chi connectivity index (χ0n) is 14.9. The number of rotatable bonds is 6. The fraction of sp³-hybridized carbons (Fsp3) is 0.421. The molecule has 7 heteroatoms. The van der Waals surface area contributed by atoms with Gasteiger partial charge in [0.2, 0.25) is 5.88 Å². The van der Waals surface area contributed by atoms with Gasteiger partial charge in [-0.15, -0.1) is 0 Å². The van der Waals surface area contributed by atoms with Crippen molar-refractivity contribution in [3.63, 3.8) is 0 Å². The third kappa shape index (κ3) is 5.08. The minimum absolute atomic E-state index is 0.0483. The maximum absolute atomic E-state index is 12.4. The second kappa shape index (κ2) is 9.03. The lowest BCUT2D eigenvalue weighted by Gasteiger charge is -2.32. The van der Waals surface area contributed by atoms with Crippen LogP contribution in [0.25, 0.3) is 0 Å². The predicted molar refractivity (Wildman–Crippen MR) is 97.4 cm³/mol. The van der Waals surface area contributed by atoms with Crippen molar-refractivity contribution in [3.05, 3.63) is 48.4 Å². The van der Waals surface area contributed by atoms with Crippen LogP contribution in [0.3, 0.4) is 0 Å². The van der Waals surface area contributed by atoms with Crippen molar-refractivity contribution in [1.82, 2.24) is 20.2 Å². The number of aromatic nitrogens is 2. The van der Waals surface area contributed by atoms with Gasteiger partial charge in [-0.05, 0) is 37.0 Å². The van der Waals surface area contributed by atoms with Gasteiger partial charge < -0.3 is 19.7 Å². The lowest BCUT2D eigenvalue weighted by atomic mass is 10.1. The molecule has 2 amide bonds. The Kier molecular flexibility index (Phi) is 6.24. The molecule has 1 saturated heterocycles. The standard InChI is InChI=1S/C19H24N4O3/c1-25-16-6-4-15(5-7-16)8-9-22-19(24)23-12-2-3-17(14-23)26-18-13-20-10-11-21-18/h4-7,10-11,13,17H,2-3,8-9,12,14H2,1H3,(H,22,24). The van der Waals surface area contributed by atoms with Crippen LogP contribution in [0.2, 0.25) is 0 Å². The van der Waals surface area contributed by atoms with Gasteiger partial charge in [0.1, 0.15) is 11.9 Å². The molecule has 1 aromatic carbocycles. The number of carbonyl (C=O) groups excluding carboxylic acids is 1. The molecular weight excluding hydrogens is 332 g/mol. The first-order valence-corrected chi connectivity index (χ1v) is 8.83. The summed E-state index contributed by atoms with van der Waals surface area (Å²) in [4.78, 5) is 22.3. The topological polar surface area (TPSA) is 76.6 Å². The zero-order valence-corrected chi connectivity index (χ0v) is 14.9. The lowest BCUT2D eigenvalue weighted by molar-refractivity contribution is 0.0976. The van der Waals surface area contributed by atoms with Crippen molar-refractivity contribution in [2.45, 2.75) is 25.4 Å². The van der Waals surface area contributed by atoms with Crippen LogP contribution < -0.4 is 14.8 Å². The Bertz CT molecular complexity index is 694. The molecule has 0 radical (unpaired) electrons. The van der Waals surface area contributed by atoms with E-state index < -0.39 is 0 Å². The van der Waals surface area contributed by atoms with Crippen molar-refractivity contribution < 1.29 is 14.3 Å². The summed E-state index contributed by atoms with van der Waals surface area (Å²) in [5, 5.41) is 2.99. The number of urea groups is 1. The Balaban J connectivity index is 1.43. The highest BCUT2D eigenvalue weighted by Gasteiger charge is 2.25. The highest BCUT2D eigenvalue weighted by Crippen LogP contribution is 2.16. The molecule has 138 valence electrons. The van der Waals surface area contributed by atoms with Crippen molar-refractivity contribution in [3.8, 4) is 11.6 Å². The van der Waals surface area contributed by atoms with Gasteiger partial charge >= 0.3 is 6.03 Å². The Hall–Kier alpha value is -2.83. The second-order valence-corrected chi connectivity index (χ2v) is 6.20. The summed E-state index contributed by atoms with van der Waals surface area (Å²) in [5.41, 5.74) is 1.16. The first-order valence-electron chi connectivity index (χ1n) is 8.83. The minimum atomic E-state index is -0.0500. The summed E-state index contributed by atoms with van der Waals surface area (Å²) < 4.78 is 11.0. The first-order chi connectivity index (χ1) is 12.7. The predicted octanol–water partition coefficient (Wildman–Crippen LogP) is 2.28. The molecule has 1 aliphatic rings. The van der Waals surface area contributed by atoms with Gasteiger partial charge in [-0.2, -0.15) is 0 Å². The number of ether oxygens (including phenoxy) is 2. The monoisotopic (exact) mass is 356 g/mol. The number of carbonyl (C=O) groups is 1. The summed E-state index contributed by atoms with van der Waals surface area (Å²) >= 11 is 0. The molecule has 2 aromatic rings. The fourth-order valence-corrected chi connectivity index (χ4v) is 2.95. The normalized spacial score (nSPS) is 16.8. The van der Waals surface area contributed by atoms with Gasteiger partial charge in [-0.3, -0.25) is 4.98 Å². The first kappa shape index (κ1) is 18.0. The molecule has 1 N–H and O–H groups in total. The number of nitrogens with one attached hydrogen (secondary N) is 1. The molecule has 0 saturated carbocycles. The summed E-state index contributed by atoms with van der Waals surface area (Å²) in [7, 11) is 1.65. The van der Waals surface area contributed by atoms with E-state index in [-0.39, 0.29) is 12.1 Å². The summed E-state index contributed by atoms with van der Waals surface area (Å²) in [6.45, 7) is 1.90. The molecule has 0 bridgehead atoms. The van der Waals surface area contributed by atoms with Crippen molar-refractivity contribution in [1.29, 1.82) is 0 Å². The van der Waals surface area contributed by atoms with Crippen LogP contribution in [0, 0.1) is 0 Å². The van der Waals surface area contributed by atoms with E-state index in [4.69, 9.17) is 9.47 Å². The Morgan fingerprint density at radius 3 is 2.88 bits per heavy atom. The molecule has 1 aromatic heterocycles. The molecule has 2 heterocycles. The second-order valence-electron chi connectivity index (χ2n) is 6.20. The quantitative estimate of drug-likeness (QED) is 0.859. The van der Waals surface area contributed by atoms with E-state index in [1.54, 1.807) is 30.6 Å². The number of benzene rings is 1. The Labute approximate surface area is 153 Å². The lowest BCUT2D eigenvalue weighted by Crippen LogP contribution is -2.49. The number of piperidine rings is 1. The summed E-state index contributed by atoms with van der Waals surface area (Å²) in [6.07, 6.45) is 7.35. The van der Waals surface area contributed by atoms with Crippen LogP contribution in [0.15, 0.2) is 42.9 Å². The molecule has 1 atom stereocenters. The molecule has 1 unspecified atom stereocenters. The third-order valence-corrected chi connectivity index (χ3v) is 4.34. The highest BCUT2D eigenvalue weighted by atomic mass is 16.5. The number of hydrogen-bond acceptors (Lipinski definition) is 5. The van der Waals surface area contributed by atoms with Crippen LogP contribution in [0.4, 0.5) is 4.79 Å². The molecule has 0 aliphatic carbocycles. The van der Waals surface area contributed by atoms with E-state index in [2.05, 4.69) is 15.3 Å². The zero-order chi connectivity index (χ0) is 18.2. The molecule has 7 nitrogen and oxygen atoms in total. The average Bonchev–Trinajstić information content (AvgIpc) is 2.69. The van der Waals surface area contributed by atoms with Crippen LogP contribution in [0.1, 0.15) is 18.4 Å². The van der Waals surface area contributed by atoms with Crippen LogP contribution >= 0.6 is 0 Å². The van der Waals surface area contributed by atoms with Crippen molar-refractivity contribution in [2.24, 2.45) is 0 Å². The molecular formula is C19H24N4O3. The van der Waals surface area contributed by atoms with E-state index in [1.807, 2.05) is 24.3 Å². The molecule has 0 spiro atoms. The number of hydrogen-bond donors (Lipinski definition) is 1. The van der Waals surface area contributed by atoms with E-state index in [0.717, 1.165) is 37.1 Å². The number of methoxy groups -OCH3 is 1. The van der Waals surface area contributed by atoms with Crippen LogP contribution in [-0.2, 0) is 6.42 Å². The number of likely N-dealkylation sites (tertiary alicyclic amines) is 1. The third-order valence-electron chi connectivity index (χ3n) is 4.34. The molecule has 1 fully saturated rings. The Morgan fingerprint density at radius 2 is 2.15 bits per heavy atom. The van der Waals surface area contributed by atoms with Gasteiger partial charge in [0, 0.05) is 25.5 Å². The summed E-state index contributed by atoms with van der Waals surface area (Å²) in [5.74, 6) is 1.33. The molecule has 26 heavy (non-hydrogen) atoms. The van der Waals surface area contributed by atoms with Gasteiger partial charge in [0.25, 0.3) is 0 Å². The SMILES string of the molecule is COc1ccc(CCNC(=O)N2CCCC(Oc3cnccn3)C2)cc1. The van der Waals surface area contributed by atoms with E-state index in [9.17, 15) is 4.79 Å². The number of nitrogens with zero attached hydrogens (tertiary/aromatic N) is 3. The maximum atomic E-state index is 12.4. The van der Waals surface area contributed by atoms with Gasteiger partial charge in [-0.1, -0.05) is 12.1 Å². The smallest absolute Gasteiger partial charge is 0.317 e.